The van der Waals surface area contributed by atoms with E-state index in [1.165, 1.54) is 79.6 Å². The number of hydrogen-bond acceptors (Lipinski definition) is 3. The SMILES string of the molecule is CC1(C)c2ccccc2-c2nc(-n3c4ccc5c6ccccc6c6ccccc6c5c4c4ccc5ccccc5c43)c(-c3ccc4c(c3)sc3ccccc34)nc21. The van der Waals surface area contributed by atoms with E-state index in [2.05, 4.69) is 182 Å². The lowest BCUT2D eigenvalue weighted by atomic mass is 9.85. The fraction of sp³-hybridized carbons (Fsp3) is 0.0566. The van der Waals surface area contributed by atoms with E-state index >= 15 is 0 Å². The lowest BCUT2D eigenvalue weighted by Gasteiger charge is -2.21. The van der Waals surface area contributed by atoms with E-state index in [9.17, 15) is 0 Å². The topological polar surface area (TPSA) is 30.7 Å². The minimum atomic E-state index is -0.308. The van der Waals surface area contributed by atoms with Crippen LogP contribution in [-0.2, 0) is 5.41 Å². The Morgan fingerprint density at radius 1 is 0.474 bits per heavy atom. The Hall–Kier alpha value is -6.88. The lowest BCUT2D eigenvalue weighted by molar-refractivity contribution is 0.635. The van der Waals surface area contributed by atoms with E-state index < -0.39 is 0 Å². The van der Waals surface area contributed by atoms with Crippen molar-refractivity contribution in [2.24, 2.45) is 0 Å². The number of fused-ring (bicyclic) bond motifs is 18. The van der Waals surface area contributed by atoms with E-state index in [-0.39, 0.29) is 5.41 Å². The van der Waals surface area contributed by atoms with E-state index in [4.69, 9.17) is 9.97 Å². The standard InChI is InChI=1S/C53H33N3S/c1-53(2)42-21-11-9-20-40(42)49-51(53)54-48(31-24-25-37-36-18-10-12-22-44(36)57-45(37)29-31)52(55-49)56-43-28-27-39-35-17-6-5-15-33(35)34-16-7-8-19-38(34)46(39)47(43)41-26-23-30-13-3-4-14-32(30)50(41)56/h3-29H,1-2H3. The van der Waals surface area contributed by atoms with E-state index in [1.807, 2.05) is 11.3 Å². The van der Waals surface area contributed by atoms with Gasteiger partial charge in [0.05, 0.1) is 22.4 Å². The molecule has 12 aromatic rings. The van der Waals surface area contributed by atoms with Gasteiger partial charge in [0.2, 0.25) is 0 Å². The van der Waals surface area contributed by atoms with E-state index in [1.54, 1.807) is 0 Å². The summed E-state index contributed by atoms with van der Waals surface area (Å²) in [4.78, 5) is 11.6. The molecule has 3 heterocycles. The quantitative estimate of drug-likeness (QED) is 0.165. The van der Waals surface area contributed by atoms with Crippen LogP contribution >= 0.6 is 11.3 Å². The summed E-state index contributed by atoms with van der Waals surface area (Å²) in [5, 5.41) is 15.0. The highest BCUT2D eigenvalue weighted by Gasteiger charge is 2.39. The maximum Gasteiger partial charge on any atom is 0.165 e. The molecule has 13 rings (SSSR count). The molecule has 0 N–H and O–H groups in total. The summed E-state index contributed by atoms with van der Waals surface area (Å²) in [7, 11) is 0. The number of benzene rings is 9. The van der Waals surface area contributed by atoms with Gasteiger partial charge in [0, 0.05) is 58.3 Å². The Bertz CT molecular complexity index is 3700. The smallest absolute Gasteiger partial charge is 0.165 e. The average Bonchev–Trinajstić information content (AvgIpc) is 3.88. The summed E-state index contributed by atoms with van der Waals surface area (Å²) in [6.45, 7) is 4.58. The maximum absolute atomic E-state index is 5.84. The van der Waals surface area contributed by atoms with Gasteiger partial charge in [0.1, 0.15) is 5.69 Å². The molecule has 0 atom stereocenters. The van der Waals surface area contributed by atoms with E-state index in [0.29, 0.717) is 0 Å². The van der Waals surface area contributed by atoms with Crippen molar-refractivity contribution in [2.45, 2.75) is 19.3 Å². The van der Waals surface area contributed by atoms with Crippen molar-refractivity contribution in [3.8, 4) is 28.3 Å². The molecule has 0 fully saturated rings. The summed E-state index contributed by atoms with van der Waals surface area (Å²) in [5.74, 6) is 0.850. The van der Waals surface area contributed by atoms with Gasteiger partial charge < -0.3 is 0 Å². The van der Waals surface area contributed by atoms with E-state index in [0.717, 1.165) is 45.1 Å². The predicted octanol–water partition coefficient (Wildman–Crippen LogP) is 14.5. The van der Waals surface area contributed by atoms with Gasteiger partial charge in [-0.1, -0.05) is 159 Å². The van der Waals surface area contributed by atoms with Gasteiger partial charge in [0.25, 0.3) is 0 Å². The van der Waals surface area contributed by atoms with Crippen LogP contribution in [0.4, 0.5) is 0 Å². The number of aromatic nitrogens is 3. The summed E-state index contributed by atoms with van der Waals surface area (Å²) in [6.07, 6.45) is 0. The number of hydrogen-bond donors (Lipinski definition) is 0. The first kappa shape index (κ1) is 31.3. The normalized spacial score (nSPS) is 13.6. The molecular weight excluding hydrogens is 711 g/mol. The zero-order valence-corrected chi connectivity index (χ0v) is 32.2. The first-order valence-corrected chi connectivity index (χ1v) is 20.5. The molecule has 0 radical (unpaired) electrons. The summed E-state index contributed by atoms with van der Waals surface area (Å²) >= 11 is 1.84. The van der Waals surface area contributed by atoms with Crippen LogP contribution < -0.4 is 0 Å². The van der Waals surface area contributed by atoms with Gasteiger partial charge >= 0.3 is 0 Å². The van der Waals surface area contributed by atoms with Crippen LogP contribution in [0, 0.1) is 0 Å². The Labute approximate surface area is 332 Å². The molecule has 0 spiro atoms. The monoisotopic (exact) mass is 743 g/mol. The highest BCUT2D eigenvalue weighted by molar-refractivity contribution is 7.25. The second kappa shape index (κ2) is 11.1. The van der Waals surface area contributed by atoms with Crippen molar-refractivity contribution in [3.05, 3.63) is 175 Å². The molecule has 57 heavy (non-hydrogen) atoms. The summed E-state index contributed by atoms with van der Waals surface area (Å²) in [5.41, 5.74) is 8.33. The molecule has 3 aromatic heterocycles. The van der Waals surface area contributed by atoms with Crippen LogP contribution in [0.15, 0.2) is 164 Å². The molecule has 0 unspecified atom stereocenters. The molecule has 3 nitrogen and oxygen atoms in total. The fourth-order valence-electron chi connectivity index (χ4n) is 10.1. The molecule has 266 valence electrons. The minimum absolute atomic E-state index is 0.308. The third-order valence-corrected chi connectivity index (χ3v) is 13.8. The van der Waals surface area contributed by atoms with Gasteiger partial charge in [0.15, 0.2) is 5.82 Å². The van der Waals surface area contributed by atoms with Crippen LogP contribution in [0.1, 0.15) is 25.1 Å². The molecule has 0 saturated heterocycles. The Kier molecular flexibility index (Phi) is 6.12. The largest absolute Gasteiger partial charge is 0.291 e. The van der Waals surface area contributed by atoms with Crippen LogP contribution in [0.25, 0.3) is 113 Å². The fourth-order valence-corrected chi connectivity index (χ4v) is 11.3. The van der Waals surface area contributed by atoms with Crippen molar-refractivity contribution >= 4 is 96.4 Å². The molecule has 0 aliphatic heterocycles. The maximum atomic E-state index is 5.84. The van der Waals surface area contributed by atoms with Crippen LogP contribution in [0.2, 0.25) is 0 Å². The third kappa shape index (κ3) is 4.10. The van der Waals surface area contributed by atoms with Gasteiger partial charge in [-0.15, -0.1) is 11.3 Å². The number of thiophene rings is 1. The van der Waals surface area contributed by atoms with Crippen molar-refractivity contribution < 1.29 is 0 Å². The van der Waals surface area contributed by atoms with Gasteiger partial charge in [-0.05, 0) is 56.1 Å². The van der Waals surface area contributed by atoms with Gasteiger partial charge in [-0.2, -0.15) is 0 Å². The zero-order valence-electron chi connectivity index (χ0n) is 31.3. The predicted molar refractivity (Wildman–Crippen MR) is 242 cm³/mol. The van der Waals surface area contributed by atoms with Crippen LogP contribution in [0.5, 0.6) is 0 Å². The highest BCUT2D eigenvalue weighted by Crippen LogP contribution is 2.50. The molecule has 9 aromatic carbocycles. The molecule has 1 aliphatic carbocycles. The average molecular weight is 744 g/mol. The summed E-state index contributed by atoms with van der Waals surface area (Å²) in [6, 6.07) is 60.2. The Morgan fingerprint density at radius 2 is 1.09 bits per heavy atom. The van der Waals surface area contributed by atoms with Gasteiger partial charge in [-0.25, -0.2) is 9.97 Å². The summed E-state index contributed by atoms with van der Waals surface area (Å²) < 4.78 is 4.99. The zero-order chi connectivity index (χ0) is 37.6. The molecular formula is C53H33N3S. The lowest BCUT2D eigenvalue weighted by Crippen LogP contribution is -2.18. The minimum Gasteiger partial charge on any atom is -0.291 e. The molecule has 0 amide bonds. The first-order valence-electron chi connectivity index (χ1n) is 19.7. The third-order valence-electron chi connectivity index (χ3n) is 12.7. The molecule has 1 aliphatic rings. The molecule has 0 bridgehead atoms. The molecule has 4 heteroatoms. The van der Waals surface area contributed by atoms with Crippen molar-refractivity contribution in [1.82, 2.24) is 14.5 Å². The second-order valence-electron chi connectivity index (χ2n) is 16.1. The number of nitrogens with zero attached hydrogens (tertiary/aromatic N) is 3. The highest BCUT2D eigenvalue weighted by atomic mass is 32.1. The first-order chi connectivity index (χ1) is 28.0. The molecule has 0 saturated carbocycles. The van der Waals surface area contributed by atoms with Crippen LogP contribution in [0.3, 0.4) is 0 Å². The van der Waals surface area contributed by atoms with Crippen LogP contribution in [-0.4, -0.2) is 14.5 Å². The number of rotatable bonds is 2. The van der Waals surface area contributed by atoms with Gasteiger partial charge in [-0.3, -0.25) is 4.57 Å². The second-order valence-corrected chi connectivity index (χ2v) is 17.1. The van der Waals surface area contributed by atoms with Crippen molar-refractivity contribution in [2.75, 3.05) is 0 Å². The van der Waals surface area contributed by atoms with Crippen molar-refractivity contribution in [1.29, 1.82) is 0 Å². The Morgan fingerprint density at radius 3 is 1.91 bits per heavy atom. The Balaban J connectivity index is 1.24. The van der Waals surface area contributed by atoms with Crippen molar-refractivity contribution in [3.63, 3.8) is 0 Å².